The number of pyridine rings is 1. The highest BCUT2D eigenvalue weighted by atomic mass is 16.5. The molecule has 1 aliphatic heterocycles. The first-order chi connectivity index (χ1) is 13.6. The minimum Gasteiger partial charge on any atom is -0.494 e. The summed E-state index contributed by atoms with van der Waals surface area (Å²) in [5.74, 6) is 0.917. The number of aryl methyl sites for hydroxylation is 2. The second-order valence-electron chi connectivity index (χ2n) is 7.18. The number of likely N-dealkylation sites (N-methyl/N-ethyl adjacent to an activating group) is 1. The fraction of sp³-hybridized carbons (Fsp3) is 0.240. The smallest absolute Gasteiger partial charge is 0.212 e. The number of allylic oxidation sites excluding steroid dienone is 1. The van der Waals surface area contributed by atoms with E-state index in [1.54, 1.807) is 0 Å². The molecule has 0 fully saturated rings. The van der Waals surface area contributed by atoms with E-state index in [2.05, 4.69) is 91.1 Å². The number of anilines is 1. The van der Waals surface area contributed by atoms with Crippen LogP contribution in [0.25, 0.3) is 23.1 Å². The Bertz CT molecular complexity index is 1100. The van der Waals surface area contributed by atoms with E-state index in [-0.39, 0.29) is 0 Å². The molecule has 1 aromatic heterocycles. The minimum absolute atomic E-state index is 0.682. The molecule has 0 unspecified atom stereocenters. The number of nitrogens with zero attached hydrogens (tertiary/aromatic N) is 2. The third-order valence-corrected chi connectivity index (χ3v) is 5.33. The van der Waals surface area contributed by atoms with Gasteiger partial charge < -0.3 is 9.64 Å². The zero-order valence-corrected chi connectivity index (χ0v) is 17.1. The molecule has 3 nitrogen and oxygen atoms in total. The largest absolute Gasteiger partial charge is 0.494 e. The van der Waals surface area contributed by atoms with Crippen molar-refractivity contribution in [1.29, 1.82) is 0 Å². The third-order valence-electron chi connectivity index (χ3n) is 5.33. The van der Waals surface area contributed by atoms with Crippen molar-refractivity contribution in [2.75, 3.05) is 18.1 Å². The topological polar surface area (TPSA) is 16.4 Å². The molecule has 0 saturated carbocycles. The van der Waals surface area contributed by atoms with Crippen LogP contribution in [0.2, 0.25) is 0 Å². The second kappa shape index (κ2) is 7.51. The fourth-order valence-corrected chi connectivity index (χ4v) is 3.86. The molecule has 0 radical (unpaired) electrons. The van der Waals surface area contributed by atoms with Crippen molar-refractivity contribution < 1.29 is 9.30 Å². The molecule has 0 spiro atoms. The van der Waals surface area contributed by atoms with E-state index in [1.807, 2.05) is 13.0 Å². The van der Waals surface area contributed by atoms with Crippen molar-refractivity contribution >= 4 is 28.7 Å². The summed E-state index contributed by atoms with van der Waals surface area (Å²) < 4.78 is 7.88. The molecule has 0 aliphatic carbocycles. The summed E-state index contributed by atoms with van der Waals surface area (Å²) >= 11 is 0. The van der Waals surface area contributed by atoms with Gasteiger partial charge in [0.15, 0.2) is 0 Å². The highest BCUT2D eigenvalue weighted by Crippen LogP contribution is 2.32. The summed E-state index contributed by atoms with van der Waals surface area (Å²) in [6.45, 7) is 7.98. The molecule has 3 heteroatoms. The van der Waals surface area contributed by atoms with E-state index in [9.17, 15) is 0 Å². The van der Waals surface area contributed by atoms with Gasteiger partial charge in [-0.25, -0.2) is 0 Å². The maximum atomic E-state index is 5.64. The molecule has 4 rings (SSSR count). The van der Waals surface area contributed by atoms with Gasteiger partial charge in [-0.1, -0.05) is 18.2 Å². The number of fused-ring (bicyclic) bond motifs is 2. The van der Waals surface area contributed by atoms with E-state index < -0.39 is 0 Å². The maximum Gasteiger partial charge on any atom is 0.212 e. The predicted octanol–water partition coefficient (Wildman–Crippen LogP) is 5.27. The van der Waals surface area contributed by atoms with Crippen molar-refractivity contribution in [1.82, 2.24) is 0 Å². The van der Waals surface area contributed by atoms with Crippen LogP contribution in [0.4, 0.5) is 5.69 Å². The zero-order valence-electron chi connectivity index (χ0n) is 17.1. The normalized spacial score (nSPS) is 14.6. The highest BCUT2D eigenvalue weighted by molar-refractivity contribution is 5.81. The molecule has 0 N–H and O–H groups in total. The van der Waals surface area contributed by atoms with E-state index in [1.165, 1.54) is 39.1 Å². The van der Waals surface area contributed by atoms with Crippen LogP contribution >= 0.6 is 0 Å². The van der Waals surface area contributed by atoms with E-state index in [4.69, 9.17) is 4.74 Å². The molecule has 2 aromatic carbocycles. The Hall–Kier alpha value is -3.07. The Balaban J connectivity index is 1.77. The number of hydrogen-bond donors (Lipinski definition) is 0. The van der Waals surface area contributed by atoms with Gasteiger partial charge in [-0.2, -0.15) is 4.57 Å². The lowest BCUT2D eigenvalue weighted by molar-refractivity contribution is -0.646. The van der Waals surface area contributed by atoms with Gasteiger partial charge in [0.1, 0.15) is 12.8 Å². The van der Waals surface area contributed by atoms with Gasteiger partial charge in [0.05, 0.1) is 12.0 Å². The summed E-state index contributed by atoms with van der Waals surface area (Å²) in [6.07, 6.45) is 6.69. The van der Waals surface area contributed by atoms with Crippen LogP contribution in [0.5, 0.6) is 5.75 Å². The van der Waals surface area contributed by atoms with Gasteiger partial charge in [0.2, 0.25) is 11.2 Å². The van der Waals surface area contributed by atoms with Crippen LogP contribution in [-0.4, -0.2) is 13.2 Å². The standard InChI is InChI=1S/C25H27N2O/c1-5-27-22(12-9-19-8-7-18(3)15-25(19)27)17-21-11-10-20-16-23(28-6-2)13-14-24(20)26(21)4/h7-17H,5-6H2,1-4H3/q+1. The van der Waals surface area contributed by atoms with Crippen LogP contribution in [0.15, 0.2) is 60.3 Å². The number of ether oxygens (including phenoxy) is 1. The second-order valence-corrected chi connectivity index (χ2v) is 7.18. The summed E-state index contributed by atoms with van der Waals surface area (Å²) in [5.41, 5.74) is 7.41. The Morgan fingerprint density at radius 2 is 1.86 bits per heavy atom. The average molecular weight is 372 g/mol. The summed E-state index contributed by atoms with van der Waals surface area (Å²) in [4.78, 5) is 2.38. The van der Waals surface area contributed by atoms with Gasteiger partial charge in [-0.05, 0) is 62.2 Å². The lowest BCUT2D eigenvalue weighted by Crippen LogP contribution is -2.33. The lowest BCUT2D eigenvalue weighted by atomic mass is 10.0. The Morgan fingerprint density at radius 1 is 1.00 bits per heavy atom. The van der Waals surface area contributed by atoms with Gasteiger partial charge in [0, 0.05) is 36.1 Å². The molecule has 0 saturated heterocycles. The molecule has 28 heavy (non-hydrogen) atoms. The van der Waals surface area contributed by atoms with Crippen molar-refractivity contribution in [3.05, 3.63) is 77.1 Å². The molecular formula is C25H27N2O+. The van der Waals surface area contributed by atoms with Crippen molar-refractivity contribution in [2.45, 2.75) is 20.8 Å². The van der Waals surface area contributed by atoms with Crippen LogP contribution < -0.4 is 14.2 Å². The highest BCUT2D eigenvalue weighted by Gasteiger charge is 2.18. The molecule has 2 heterocycles. The third kappa shape index (κ3) is 3.29. The van der Waals surface area contributed by atoms with Crippen LogP contribution in [0.3, 0.4) is 0 Å². The van der Waals surface area contributed by atoms with Crippen molar-refractivity contribution in [2.24, 2.45) is 7.05 Å². The van der Waals surface area contributed by atoms with Gasteiger partial charge in [-0.3, -0.25) is 0 Å². The molecular weight excluding hydrogens is 344 g/mol. The van der Waals surface area contributed by atoms with E-state index >= 15 is 0 Å². The molecule has 0 atom stereocenters. The quantitative estimate of drug-likeness (QED) is 0.581. The first-order valence-electron chi connectivity index (χ1n) is 9.94. The first-order valence-corrected chi connectivity index (χ1v) is 9.94. The average Bonchev–Trinajstić information content (AvgIpc) is 2.70. The molecule has 0 amide bonds. The number of aromatic nitrogens is 1. The zero-order chi connectivity index (χ0) is 19.7. The maximum absolute atomic E-state index is 5.64. The summed E-state index contributed by atoms with van der Waals surface area (Å²) in [7, 11) is 2.12. The molecule has 0 bridgehead atoms. The number of benzene rings is 2. The van der Waals surface area contributed by atoms with Crippen LogP contribution in [0.1, 0.15) is 30.7 Å². The van der Waals surface area contributed by atoms with Crippen LogP contribution in [0, 0.1) is 6.92 Å². The Kier molecular flexibility index (Phi) is 4.91. The van der Waals surface area contributed by atoms with Gasteiger partial charge in [0.25, 0.3) is 0 Å². The van der Waals surface area contributed by atoms with Gasteiger partial charge >= 0.3 is 0 Å². The van der Waals surface area contributed by atoms with Crippen LogP contribution in [-0.2, 0) is 7.05 Å². The summed E-state index contributed by atoms with van der Waals surface area (Å²) in [5, 5.41) is 1.18. The number of rotatable bonds is 4. The SMILES string of the molecule is CCOc1ccc2c(ccc(C=C3C=Cc4ccc(C)cc4N3CC)[n+]2C)c1. The van der Waals surface area contributed by atoms with E-state index in [0.717, 1.165) is 12.3 Å². The van der Waals surface area contributed by atoms with Crippen molar-refractivity contribution in [3.63, 3.8) is 0 Å². The monoisotopic (exact) mass is 371 g/mol. The van der Waals surface area contributed by atoms with E-state index in [0.29, 0.717) is 6.61 Å². The number of hydrogen-bond acceptors (Lipinski definition) is 2. The first kappa shape index (κ1) is 18.3. The molecule has 142 valence electrons. The minimum atomic E-state index is 0.682. The molecule has 1 aliphatic rings. The summed E-state index contributed by atoms with van der Waals surface area (Å²) in [6, 6.07) is 17.3. The Morgan fingerprint density at radius 3 is 2.64 bits per heavy atom. The lowest BCUT2D eigenvalue weighted by Gasteiger charge is -2.29. The fourth-order valence-electron chi connectivity index (χ4n) is 3.86. The molecule has 3 aromatic rings. The van der Waals surface area contributed by atoms with Gasteiger partial charge in [-0.15, -0.1) is 0 Å². The predicted molar refractivity (Wildman–Crippen MR) is 118 cm³/mol. The van der Waals surface area contributed by atoms with Crippen molar-refractivity contribution in [3.8, 4) is 5.75 Å². The Labute approximate surface area is 167 Å².